The van der Waals surface area contributed by atoms with Gasteiger partial charge in [-0.05, 0) is 55.3 Å². The van der Waals surface area contributed by atoms with Crippen molar-refractivity contribution < 1.29 is 9.59 Å². The third-order valence-electron chi connectivity index (χ3n) is 4.53. The molecule has 6 heteroatoms. The molecular formula is C24H23ClN2O2S. The topological polar surface area (TPSA) is 58.2 Å². The predicted molar refractivity (Wildman–Crippen MR) is 125 cm³/mol. The van der Waals surface area contributed by atoms with Crippen LogP contribution in [0, 0.1) is 6.92 Å². The number of rotatable bonds is 7. The van der Waals surface area contributed by atoms with E-state index in [1.165, 1.54) is 11.8 Å². The molecule has 0 spiro atoms. The van der Waals surface area contributed by atoms with Gasteiger partial charge in [-0.1, -0.05) is 54.1 Å². The van der Waals surface area contributed by atoms with Gasteiger partial charge in [-0.15, -0.1) is 11.8 Å². The summed E-state index contributed by atoms with van der Waals surface area (Å²) < 4.78 is 0. The first-order valence-corrected chi connectivity index (χ1v) is 10.8. The molecule has 2 amide bonds. The average molecular weight is 439 g/mol. The van der Waals surface area contributed by atoms with Crippen LogP contribution in [0.3, 0.4) is 0 Å². The standard InChI is InChI=1S/C24H23ClN2O2S/c1-16-21(25)12-7-13-22(16)27-24(29)17(2)30-20-11-6-10-19(15-20)26-23(28)14-18-8-4-3-5-9-18/h3-13,15,17H,14H2,1-2H3,(H,26,28)(H,27,29). The molecule has 30 heavy (non-hydrogen) atoms. The van der Waals surface area contributed by atoms with Gasteiger partial charge in [-0.25, -0.2) is 0 Å². The fourth-order valence-electron chi connectivity index (χ4n) is 2.87. The number of amides is 2. The van der Waals surface area contributed by atoms with E-state index in [0.29, 0.717) is 22.8 Å². The van der Waals surface area contributed by atoms with Crippen LogP contribution in [0.1, 0.15) is 18.1 Å². The summed E-state index contributed by atoms with van der Waals surface area (Å²) in [5.41, 5.74) is 3.22. The Bertz CT molecular complexity index is 1040. The first-order chi connectivity index (χ1) is 14.4. The average Bonchev–Trinajstić information content (AvgIpc) is 2.72. The van der Waals surface area contributed by atoms with Crippen molar-refractivity contribution in [1.29, 1.82) is 0 Å². The van der Waals surface area contributed by atoms with Crippen molar-refractivity contribution in [3.8, 4) is 0 Å². The molecule has 154 valence electrons. The lowest BCUT2D eigenvalue weighted by molar-refractivity contribution is -0.116. The second-order valence-electron chi connectivity index (χ2n) is 6.90. The summed E-state index contributed by atoms with van der Waals surface area (Å²) in [6.45, 7) is 3.72. The number of thioether (sulfide) groups is 1. The van der Waals surface area contributed by atoms with Gasteiger partial charge in [0.05, 0.1) is 11.7 Å². The van der Waals surface area contributed by atoms with E-state index in [2.05, 4.69) is 10.6 Å². The number of carbonyl (C=O) groups is 2. The molecule has 0 aliphatic heterocycles. The summed E-state index contributed by atoms with van der Waals surface area (Å²) >= 11 is 7.56. The molecule has 3 rings (SSSR count). The zero-order chi connectivity index (χ0) is 21.5. The van der Waals surface area contributed by atoms with Crippen LogP contribution in [0.5, 0.6) is 0 Å². The molecule has 0 aliphatic carbocycles. The van der Waals surface area contributed by atoms with E-state index in [0.717, 1.165) is 16.0 Å². The number of nitrogens with one attached hydrogen (secondary N) is 2. The van der Waals surface area contributed by atoms with Crippen LogP contribution in [0.15, 0.2) is 77.7 Å². The molecule has 0 saturated carbocycles. The molecule has 1 atom stereocenters. The van der Waals surface area contributed by atoms with E-state index in [9.17, 15) is 9.59 Å². The lowest BCUT2D eigenvalue weighted by Gasteiger charge is -2.15. The summed E-state index contributed by atoms with van der Waals surface area (Å²) in [5, 5.41) is 6.15. The zero-order valence-electron chi connectivity index (χ0n) is 16.8. The second-order valence-corrected chi connectivity index (χ2v) is 8.72. The number of hydrogen-bond acceptors (Lipinski definition) is 3. The minimum atomic E-state index is -0.321. The molecule has 0 radical (unpaired) electrons. The van der Waals surface area contributed by atoms with Crippen molar-refractivity contribution in [2.75, 3.05) is 10.6 Å². The third-order valence-corrected chi connectivity index (χ3v) is 6.04. The minimum Gasteiger partial charge on any atom is -0.326 e. The summed E-state index contributed by atoms with van der Waals surface area (Å²) in [6, 6.07) is 22.5. The highest BCUT2D eigenvalue weighted by Crippen LogP contribution is 2.28. The van der Waals surface area contributed by atoms with Gasteiger partial charge in [0, 0.05) is 21.3 Å². The largest absolute Gasteiger partial charge is 0.326 e. The number of hydrogen-bond donors (Lipinski definition) is 2. The number of anilines is 2. The highest BCUT2D eigenvalue weighted by atomic mass is 35.5. The van der Waals surface area contributed by atoms with Crippen molar-refractivity contribution in [3.05, 3.63) is 88.9 Å². The first kappa shape index (κ1) is 21.9. The monoisotopic (exact) mass is 438 g/mol. The number of benzene rings is 3. The van der Waals surface area contributed by atoms with Crippen LogP contribution in [0.4, 0.5) is 11.4 Å². The maximum atomic E-state index is 12.6. The Kier molecular flexibility index (Phi) is 7.55. The van der Waals surface area contributed by atoms with Gasteiger partial charge >= 0.3 is 0 Å². The number of carbonyl (C=O) groups excluding carboxylic acids is 2. The maximum absolute atomic E-state index is 12.6. The molecule has 4 nitrogen and oxygen atoms in total. The minimum absolute atomic E-state index is 0.0782. The van der Waals surface area contributed by atoms with Crippen LogP contribution in [-0.4, -0.2) is 17.1 Å². The van der Waals surface area contributed by atoms with Gasteiger partial charge in [-0.2, -0.15) is 0 Å². The molecule has 2 N–H and O–H groups in total. The quantitative estimate of drug-likeness (QED) is 0.448. The van der Waals surface area contributed by atoms with Crippen molar-refractivity contribution in [2.45, 2.75) is 30.4 Å². The predicted octanol–water partition coefficient (Wildman–Crippen LogP) is 5.95. The van der Waals surface area contributed by atoms with Gasteiger partial charge in [0.15, 0.2) is 0 Å². The van der Waals surface area contributed by atoms with Gasteiger partial charge in [-0.3, -0.25) is 9.59 Å². The Labute approximate surface area is 186 Å². The van der Waals surface area contributed by atoms with Crippen LogP contribution in [0.25, 0.3) is 0 Å². The summed E-state index contributed by atoms with van der Waals surface area (Å²) in [6.07, 6.45) is 0.315. The lowest BCUT2D eigenvalue weighted by atomic mass is 10.1. The Balaban J connectivity index is 1.59. The van der Waals surface area contributed by atoms with Crippen molar-refractivity contribution in [2.24, 2.45) is 0 Å². The lowest BCUT2D eigenvalue weighted by Crippen LogP contribution is -2.22. The fourth-order valence-corrected chi connectivity index (χ4v) is 3.97. The molecule has 3 aromatic carbocycles. The SMILES string of the molecule is Cc1c(Cl)cccc1NC(=O)C(C)Sc1cccc(NC(=O)Cc2ccccc2)c1. The van der Waals surface area contributed by atoms with Crippen molar-refractivity contribution in [1.82, 2.24) is 0 Å². The first-order valence-electron chi connectivity index (χ1n) is 9.59. The Morgan fingerprint density at radius 2 is 1.70 bits per heavy atom. The van der Waals surface area contributed by atoms with Crippen molar-refractivity contribution in [3.63, 3.8) is 0 Å². The normalized spacial score (nSPS) is 11.6. The molecule has 3 aromatic rings. The van der Waals surface area contributed by atoms with Gasteiger partial charge in [0.1, 0.15) is 0 Å². The van der Waals surface area contributed by atoms with E-state index in [-0.39, 0.29) is 17.1 Å². The summed E-state index contributed by atoms with van der Waals surface area (Å²) in [5.74, 6) is -0.186. The van der Waals surface area contributed by atoms with E-state index in [4.69, 9.17) is 11.6 Å². The fraction of sp³-hybridized carbons (Fsp3) is 0.167. The summed E-state index contributed by atoms with van der Waals surface area (Å²) in [4.78, 5) is 25.8. The van der Waals surface area contributed by atoms with E-state index in [1.54, 1.807) is 6.07 Å². The van der Waals surface area contributed by atoms with Gasteiger partial charge < -0.3 is 10.6 Å². The second kappa shape index (κ2) is 10.3. The Morgan fingerprint density at radius 3 is 2.47 bits per heavy atom. The molecule has 0 aromatic heterocycles. The van der Waals surface area contributed by atoms with E-state index in [1.807, 2.05) is 80.6 Å². The molecule has 0 bridgehead atoms. The van der Waals surface area contributed by atoms with Crippen LogP contribution >= 0.6 is 23.4 Å². The molecular weight excluding hydrogens is 416 g/mol. The van der Waals surface area contributed by atoms with Crippen LogP contribution < -0.4 is 10.6 Å². The molecule has 0 saturated heterocycles. The zero-order valence-corrected chi connectivity index (χ0v) is 18.4. The highest BCUT2D eigenvalue weighted by molar-refractivity contribution is 8.00. The highest BCUT2D eigenvalue weighted by Gasteiger charge is 2.16. The van der Waals surface area contributed by atoms with Crippen molar-refractivity contribution >= 4 is 46.6 Å². The number of halogens is 1. The Morgan fingerprint density at radius 1 is 0.967 bits per heavy atom. The smallest absolute Gasteiger partial charge is 0.237 e. The van der Waals surface area contributed by atoms with Gasteiger partial charge in [0.25, 0.3) is 0 Å². The Hall–Kier alpha value is -2.76. The van der Waals surface area contributed by atoms with Crippen LogP contribution in [0.2, 0.25) is 5.02 Å². The molecule has 1 unspecified atom stereocenters. The van der Waals surface area contributed by atoms with Gasteiger partial charge in [0.2, 0.25) is 11.8 Å². The third kappa shape index (κ3) is 6.12. The summed E-state index contributed by atoms with van der Waals surface area (Å²) in [7, 11) is 0. The maximum Gasteiger partial charge on any atom is 0.237 e. The van der Waals surface area contributed by atoms with E-state index < -0.39 is 0 Å². The molecule has 0 heterocycles. The van der Waals surface area contributed by atoms with E-state index >= 15 is 0 Å². The molecule has 0 fully saturated rings. The molecule has 0 aliphatic rings. The van der Waals surface area contributed by atoms with Crippen LogP contribution in [-0.2, 0) is 16.0 Å².